The van der Waals surface area contributed by atoms with Gasteiger partial charge in [-0.3, -0.25) is 0 Å². The van der Waals surface area contributed by atoms with Crippen molar-refractivity contribution in [2.24, 2.45) is 0 Å². The Bertz CT molecular complexity index is 826. The van der Waals surface area contributed by atoms with Gasteiger partial charge in [0, 0.05) is 26.2 Å². The van der Waals surface area contributed by atoms with E-state index < -0.39 is 0 Å². The van der Waals surface area contributed by atoms with Crippen LogP contribution in [0.4, 0.5) is 5.95 Å². The minimum Gasteiger partial charge on any atom is -0.338 e. The molecule has 1 aliphatic rings. The van der Waals surface area contributed by atoms with Crippen LogP contribution < -0.4 is 4.90 Å². The zero-order valence-electron chi connectivity index (χ0n) is 13.2. The number of anilines is 1. The molecule has 2 aromatic heterocycles. The molecule has 0 amide bonds. The average Bonchev–Trinajstić information content (AvgIpc) is 3.06. The van der Waals surface area contributed by atoms with Crippen LogP contribution in [0.25, 0.3) is 22.6 Å². The molecule has 0 spiro atoms. The number of imidazole rings is 1. The Balaban J connectivity index is 1.66. The van der Waals surface area contributed by atoms with E-state index in [1.165, 1.54) is 0 Å². The number of H-pyrrole nitrogens is 1. The van der Waals surface area contributed by atoms with Gasteiger partial charge in [0.2, 0.25) is 5.95 Å². The Hall–Kier alpha value is -1.83. The predicted molar refractivity (Wildman–Crippen MR) is 99.4 cm³/mol. The zero-order valence-corrected chi connectivity index (χ0v) is 14.8. The van der Waals surface area contributed by atoms with Crippen LogP contribution in [0.3, 0.4) is 0 Å². The van der Waals surface area contributed by atoms with Crippen LogP contribution in [0.1, 0.15) is 0 Å². The highest BCUT2D eigenvalue weighted by molar-refractivity contribution is 7.96. The number of hydrogen-bond acceptors (Lipinski definition) is 6. The van der Waals surface area contributed by atoms with Crippen LogP contribution in [0, 0.1) is 0 Å². The molecule has 1 fully saturated rings. The normalized spacial score (nSPS) is 16.0. The number of piperazine rings is 1. The van der Waals surface area contributed by atoms with E-state index in [2.05, 4.69) is 35.4 Å². The molecule has 0 atom stereocenters. The van der Waals surface area contributed by atoms with Crippen molar-refractivity contribution >= 4 is 40.5 Å². The standard InChI is InChI=1S/C16H17ClN6S/c1-24-23-8-6-22(7-9-23)16-18-10-11(17)14(21-16)15-19-12-4-2-3-5-13(12)20-15/h2-5,10H,6-9H2,1H3,(H,19,20). The number of nitrogens with zero attached hydrogens (tertiary/aromatic N) is 5. The van der Waals surface area contributed by atoms with Gasteiger partial charge in [-0.15, -0.1) is 0 Å². The summed E-state index contributed by atoms with van der Waals surface area (Å²) in [5.74, 6) is 1.38. The molecule has 0 unspecified atom stereocenters. The first-order chi connectivity index (χ1) is 11.7. The fraction of sp³-hybridized carbons (Fsp3) is 0.312. The zero-order chi connectivity index (χ0) is 16.5. The predicted octanol–water partition coefficient (Wildman–Crippen LogP) is 3.07. The summed E-state index contributed by atoms with van der Waals surface area (Å²) in [4.78, 5) is 19.2. The summed E-state index contributed by atoms with van der Waals surface area (Å²) in [5, 5.41) is 0.501. The Morgan fingerprint density at radius 1 is 1.12 bits per heavy atom. The summed E-state index contributed by atoms with van der Waals surface area (Å²) >= 11 is 8.11. The molecule has 4 rings (SSSR count). The monoisotopic (exact) mass is 360 g/mol. The van der Waals surface area contributed by atoms with Crippen molar-refractivity contribution in [2.75, 3.05) is 37.3 Å². The maximum Gasteiger partial charge on any atom is 0.226 e. The lowest BCUT2D eigenvalue weighted by Crippen LogP contribution is -2.44. The molecule has 1 saturated heterocycles. The Labute approximate surface area is 149 Å². The second-order valence-electron chi connectivity index (χ2n) is 5.57. The lowest BCUT2D eigenvalue weighted by molar-refractivity contribution is 0.427. The van der Waals surface area contributed by atoms with Gasteiger partial charge in [-0.2, -0.15) is 0 Å². The van der Waals surface area contributed by atoms with E-state index in [1.807, 2.05) is 24.3 Å². The Kier molecular flexibility index (Phi) is 4.30. The van der Waals surface area contributed by atoms with Crippen molar-refractivity contribution in [1.82, 2.24) is 24.2 Å². The second-order valence-corrected chi connectivity index (χ2v) is 6.86. The minimum atomic E-state index is 0.501. The van der Waals surface area contributed by atoms with Crippen LogP contribution in [0.15, 0.2) is 30.5 Å². The Morgan fingerprint density at radius 2 is 1.92 bits per heavy atom. The highest BCUT2D eigenvalue weighted by atomic mass is 35.5. The molecule has 3 aromatic rings. The van der Waals surface area contributed by atoms with Crippen LogP contribution in [-0.2, 0) is 0 Å². The fourth-order valence-corrected chi connectivity index (χ4v) is 3.52. The molecule has 24 heavy (non-hydrogen) atoms. The molecule has 1 N–H and O–H groups in total. The highest BCUT2D eigenvalue weighted by Crippen LogP contribution is 2.27. The lowest BCUT2D eigenvalue weighted by atomic mass is 10.3. The summed E-state index contributed by atoms with van der Waals surface area (Å²) in [7, 11) is 0. The third-order valence-corrected chi connectivity index (χ3v) is 5.28. The molecule has 1 aromatic carbocycles. The third-order valence-electron chi connectivity index (χ3n) is 4.12. The molecule has 8 heteroatoms. The summed E-state index contributed by atoms with van der Waals surface area (Å²) in [5.41, 5.74) is 2.51. The van der Waals surface area contributed by atoms with E-state index in [1.54, 1.807) is 18.1 Å². The maximum atomic E-state index is 6.33. The van der Waals surface area contributed by atoms with E-state index in [4.69, 9.17) is 11.6 Å². The highest BCUT2D eigenvalue weighted by Gasteiger charge is 2.20. The van der Waals surface area contributed by atoms with Gasteiger partial charge in [-0.25, -0.2) is 19.3 Å². The number of nitrogens with one attached hydrogen (secondary N) is 1. The number of aromatic amines is 1. The number of fused-ring (bicyclic) bond motifs is 1. The van der Waals surface area contributed by atoms with Crippen LogP contribution >= 0.6 is 23.5 Å². The lowest BCUT2D eigenvalue weighted by Gasteiger charge is -2.33. The number of halogens is 1. The first kappa shape index (κ1) is 15.7. The Morgan fingerprint density at radius 3 is 2.67 bits per heavy atom. The number of aromatic nitrogens is 4. The quantitative estimate of drug-likeness (QED) is 0.724. The molecular weight excluding hydrogens is 344 g/mol. The first-order valence-electron chi connectivity index (χ1n) is 7.76. The van der Waals surface area contributed by atoms with Crippen molar-refractivity contribution < 1.29 is 0 Å². The topological polar surface area (TPSA) is 60.9 Å². The van der Waals surface area contributed by atoms with E-state index in [0.717, 1.165) is 37.2 Å². The summed E-state index contributed by atoms with van der Waals surface area (Å²) in [6.45, 7) is 3.80. The van der Waals surface area contributed by atoms with Crippen LogP contribution in [0.2, 0.25) is 5.02 Å². The summed E-state index contributed by atoms with van der Waals surface area (Å²) in [6, 6.07) is 7.89. The largest absolute Gasteiger partial charge is 0.338 e. The van der Waals surface area contributed by atoms with Gasteiger partial charge in [0.1, 0.15) is 5.69 Å². The molecule has 0 saturated carbocycles. The van der Waals surface area contributed by atoms with Gasteiger partial charge in [-0.05, 0) is 18.4 Å². The van der Waals surface area contributed by atoms with E-state index in [9.17, 15) is 0 Å². The van der Waals surface area contributed by atoms with E-state index >= 15 is 0 Å². The number of para-hydroxylation sites is 2. The van der Waals surface area contributed by atoms with E-state index in [0.29, 0.717) is 22.5 Å². The van der Waals surface area contributed by atoms with Crippen LogP contribution in [-0.4, -0.2) is 56.7 Å². The molecule has 0 radical (unpaired) electrons. The maximum absolute atomic E-state index is 6.33. The van der Waals surface area contributed by atoms with Crippen molar-refractivity contribution in [2.45, 2.75) is 0 Å². The number of rotatable bonds is 3. The molecule has 0 bridgehead atoms. The molecule has 1 aliphatic heterocycles. The van der Waals surface area contributed by atoms with Gasteiger partial charge in [0.05, 0.1) is 22.3 Å². The summed E-state index contributed by atoms with van der Waals surface area (Å²) < 4.78 is 2.34. The molecule has 0 aliphatic carbocycles. The second kappa shape index (κ2) is 6.58. The smallest absolute Gasteiger partial charge is 0.226 e. The van der Waals surface area contributed by atoms with Crippen LogP contribution in [0.5, 0.6) is 0 Å². The van der Waals surface area contributed by atoms with Gasteiger partial charge in [0.25, 0.3) is 0 Å². The third kappa shape index (κ3) is 2.94. The van der Waals surface area contributed by atoms with Crippen molar-refractivity contribution in [3.63, 3.8) is 0 Å². The van der Waals surface area contributed by atoms with E-state index in [-0.39, 0.29) is 0 Å². The average molecular weight is 361 g/mol. The SMILES string of the molecule is CSN1CCN(c2ncc(Cl)c(-c3nc4ccccc4[nH]3)n2)CC1. The van der Waals surface area contributed by atoms with Gasteiger partial charge >= 0.3 is 0 Å². The van der Waals surface area contributed by atoms with Crippen molar-refractivity contribution in [3.05, 3.63) is 35.5 Å². The molecule has 3 heterocycles. The van der Waals surface area contributed by atoms with Crippen molar-refractivity contribution in [3.8, 4) is 11.5 Å². The van der Waals surface area contributed by atoms with Gasteiger partial charge < -0.3 is 9.88 Å². The minimum absolute atomic E-state index is 0.501. The first-order valence-corrected chi connectivity index (χ1v) is 9.32. The van der Waals surface area contributed by atoms with Gasteiger partial charge in [0.15, 0.2) is 5.82 Å². The van der Waals surface area contributed by atoms with Crippen molar-refractivity contribution in [1.29, 1.82) is 0 Å². The number of benzene rings is 1. The van der Waals surface area contributed by atoms with Gasteiger partial charge in [-0.1, -0.05) is 35.7 Å². The molecule has 6 nitrogen and oxygen atoms in total. The molecular formula is C16H17ClN6S. The molecule has 124 valence electrons. The summed E-state index contributed by atoms with van der Waals surface area (Å²) in [6.07, 6.45) is 3.77. The fourth-order valence-electron chi connectivity index (χ4n) is 2.81. The number of hydrogen-bond donors (Lipinski definition) is 1.